The number of para-hydroxylation sites is 1. The van der Waals surface area contributed by atoms with Crippen molar-refractivity contribution in [3.05, 3.63) is 78.0 Å². The Bertz CT molecular complexity index is 1120. The minimum atomic E-state index is -1.11. The van der Waals surface area contributed by atoms with Crippen molar-refractivity contribution in [3.8, 4) is 29.7 Å². The fraction of sp³-hybridized carbons (Fsp3) is 0.160. The zero-order valence-electron chi connectivity index (χ0n) is 17.4. The van der Waals surface area contributed by atoms with Crippen molar-refractivity contribution >= 4 is 17.6 Å². The summed E-state index contributed by atoms with van der Waals surface area (Å²) in [7, 11) is 0. The molecule has 162 valence electrons. The Morgan fingerprint density at radius 1 is 1.09 bits per heavy atom. The predicted octanol–water partition coefficient (Wildman–Crippen LogP) is 4.54. The van der Waals surface area contributed by atoms with E-state index in [9.17, 15) is 14.7 Å². The molecule has 0 saturated heterocycles. The summed E-state index contributed by atoms with van der Waals surface area (Å²) in [5, 5.41) is 11.8. The number of hydrogen-bond donors (Lipinski definition) is 2. The quantitative estimate of drug-likeness (QED) is 0.484. The van der Waals surface area contributed by atoms with E-state index in [1.54, 1.807) is 54.6 Å². The molecule has 0 fully saturated rings. The van der Waals surface area contributed by atoms with Crippen molar-refractivity contribution in [3.63, 3.8) is 0 Å². The van der Waals surface area contributed by atoms with Crippen LogP contribution in [0.4, 0.5) is 5.69 Å². The van der Waals surface area contributed by atoms with Crippen LogP contribution in [0.1, 0.15) is 29.3 Å². The van der Waals surface area contributed by atoms with Crippen LogP contribution in [-0.4, -0.2) is 28.1 Å². The fourth-order valence-electron chi connectivity index (χ4n) is 2.84. The summed E-state index contributed by atoms with van der Waals surface area (Å²) in [6.07, 6.45) is 7.43. The van der Waals surface area contributed by atoms with E-state index in [1.807, 2.05) is 6.92 Å². The van der Waals surface area contributed by atoms with E-state index in [0.717, 1.165) is 6.42 Å². The van der Waals surface area contributed by atoms with Gasteiger partial charge in [0.2, 0.25) is 11.8 Å². The van der Waals surface area contributed by atoms with Crippen LogP contribution >= 0.6 is 0 Å². The van der Waals surface area contributed by atoms with Gasteiger partial charge in [0, 0.05) is 12.3 Å². The minimum Gasteiger partial charge on any atom is -0.478 e. The molecule has 1 aromatic heterocycles. The number of terminal acetylenes is 1. The molecule has 1 heterocycles. The molecule has 0 aliphatic heterocycles. The van der Waals surface area contributed by atoms with Crippen molar-refractivity contribution in [2.45, 2.75) is 25.9 Å². The van der Waals surface area contributed by atoms with Gasteiger partial charge in [0.1, 0.15) is 11.5 Å². The van der Waals surface area contributed by atoms with Crippen molar-refractivity contribution in [2.75, 3.05) is 5.32 Å². The Labute approximate surface area is 186 Å². The van der Waals surface area contributed by atoms with E-state index >= 15 is 0 Å². The molecule has 3 rings (SSSR count). The number of hydrogen-bond acceptors (Lipinski definition) is 5. The van der Waals surface area contributed by atoms with Crippen LogP contribution in [0.5, 0.6) is 17.4 Å². The number of benzene rings is 2. The summed E-state index contributed by atoms with van der Waals surface area (Å²) in [6, 6.07) is 16.6. The van der Waals surface area contributed by atoms with Crippen LogP contribution in [0.3, 0.4) is 0 Å². The molecule has 1 unspecified atom stereocenters. The standard InChI is InChI=1S/C25H22N2O5/c1-3-18(4-2)31-19-10-12-20(13-11-19)32-24-14-9-17(16-26-24)15-23(28)27-22-8-6-5-7-21(22)25(29)30/h1,5-14,16,18H,4,15H2,2H3,(H,27,28)(H,29,30). The number of carbonyl (C=O) groups excluding carboxylic acids is 1. The lowest BCUT2D eigenvalue weighted by Gasteiger charge is -2.12. The number of aromatic carboxylic acids is 1. The van der Waals surface area contributed by atoms with Crippen molar-refractivity contribution in [1.29, 1.82) is 0 Å². The number of pyridine rings is 1. The van der Waals surface area contributed by atoms with E-state index in [4.69, 9.17) is 15.9 Å². The number of carbonyl (C=O) groups is 2. The van der Waals surface area contributed by atoms with Crippen LogP contribution in [0, 0.1) is 12.3 Å². The summed E-state index contributed by atoms with van der Waals surface area (Å²) in [5.41, 5.74) is 0.938. The maximum atomic E-state index is 12.3. The van der Waals surface area contributed by atoms with Gasteiger partial charge in [-0.2, -0.15) is 0 Å². The van der Waals surface area contributed by atoms with Gasteiger partial charge < -0.3 is 19.9 Å². The predicted molar refractivity (Wildman–Crippen MR) is 120 cm³/mol. The largest absolute Gasteiger partial charge is 0.478 e. The molecule has 1 atom stereocenters. The molecule has 3 aromatic rings. The maximum absolute atomic E-state index is 12.3. The van der Waals surface area contributed by atoms with Crippen LogP contribution in [0.2, 0.25) is 0 Å². The maximum Gasteiger partial charge on any atom is 0.337 e. The SMILES string of the molecule is C#CC(CC)Oc1ccc(Oc2ccc(CC(=O)Nc3ccccc3C(=O)O)cn2)cc1. The summed E-state index contributed by atoms with van der Waals surface area (Å²) in [5.74, 6) is 2.73. The van der Waals surface area contributed by atoms with Gasteiger partial charge in [0.15, 0.2) is 6.10 Å². The van der Waals surface area contributed by atoms with Crippen LogP contribution in [-0.2, 0) is 11.2 Å². The summed E-state index contributed by atoms with van der Waals surface area (Å²) in [4.78, 5) is 27.8. The lowest BCUT2D eigenvalue weighted by Crippen LogP contribution is -2.16. The first-order chi connectivity index (χ1) is 15.5. The van der Waals surface area contributed by atoms with Gasteiger partial charge in [-0.25, -0.2) is 9.78 Å². The average molecular weight is 430 g/mol. The molecule has 7 heteroatoms. The zero-order chi connectivity index (χ0) is 22.9. The van der Waals surface area contributed by atoms with E-state index in [1.165, 1.54) is 12.3 Å². The van der Waals surface area contributed by atoms with Gasteiger partial charge in [0.05, 0.1) is 17.7 Å². The Balaban J connectivity index is 1.57. The van der Waals surface area contributed by atoms with E-state index in [-0.39, 0.29) is 29.7 Å². The lowest BCUT2D eigenvalue weighted by atomic mass is 10.1. The molecule has 0 radical (unpaired) electrons. The lowest BCUT2D eigenvalue weighted by molar-refractivity contribution is -0.115. The van der Waals surface area contributed by atoms with Crippen molar-refractivity contribution < 1.29 is 24.2 Å². The zero-order valence-corrected chi connectivity index (χ0v) is 17.4. The first kappa shape index (κ1) is 22.4. The molecule has 2 aromatic carbocycles. The number of carboxylic acids is 1. The molecular weight excluding hydrogens is 408 g/mol. The summed E-state index contributed by atoms with van der Waals surface area (Å²) < 4.78 is 11.4. The van der Waals surface area contributed by atoms with Gasteiger partial charge in [-0.1, -0.05) is 31.0 Å². The number of carboxylic acid groups (broad SMARTS) is 1. The second kappa shape index (κ2) is 10.6. The number of aromatic nitrogens is 1. The molecule has 1 amide bonds. The van der Waals surface area contributed by atoms with Crippen LogP contribution in [0.15, 0.2) is 66.9 Å². The number of ether oxygens (including phenoxy) is 2. The molecular formula is C25H22N2O5. The number of nitrogens with one attached hydrogen (secondary N) is 1. The molecule has 0 aliphatic carbocycles. The van der Waals surface area contributed by atoms with Gasteiger partial charge in [-0.05, 0) is 48.4 Å². The van der Waals surface area contributed by atoms with Gasteiger partial charge >= 0.3 is 5.97 Å². The third-order valence-corrected chi connectivity index (χ3v) is 4.48. The molecule has 0 spiro atoms. The molecule has 2 N–H and O–H groups in total. The number of nitrogens with zero attached hydrogens (tertiary/aromatic N) is 1. The number of amides is 1. The van der Waals surface area contributed by atoms with Crippen LogP contribution < -0.4 is 14.8 Å². The van der Waals surface area contributed by atoms with Crippen molar-refractivity contribution in [2.24, 2.45) is 0 Å². The van der Waals surface area contributed by atoms with Crippen molar-refractivity contribution in [1.82, 2.24) is 4.98 Å². The second-order valence-corrected chi connectivity index (χ2v) is 6.84. The first-order valence-corrected chi connectivity index (χ1v) is 9.96. The minimum absolute atomic E-state index is 0.0312. The smallest absolute Gasteiger partial charge is 0.337 e. The molecule has 0 bridgehead atoms. The second-order valence-electron chi connectivity index (χ2n) is 6.84. The molecule has 7 nitrogen and oxygen atoms in total. The van der Waals surface area contributed by atoms with E-state index in [2.05, 4.69) is 16.2 Å². The van der Waals surface area contributed by atoms with Gasteiger partial charge in [-0.15, -0.1) is 6.42 Å². The van der Waals surface area contributed by atoms with Gasteiger partial charge in [0.25, 0.3) is 0 Å². The average Bonchev–Trinajstić information content (AvgIpc) is 2.80. The third kappa shape index (κ3) is 6.09. The number of rotatable bonds is 9. The Morgan fingerprint density at radius 3 is 2.44 bits per heavy atom. The highest BCUT2D eigenvalue weighted by molar-refractivity contribution is 6.00. The first-order valence-electron chi connectivity index (χ1n) is 9.96. The highest BCUT2D eigenvalue weighted by Gasteiger charge is 2.12. The number of anilines is 1. The van der Waals surface area contributed by atoms with E-state index < -0.39 is 5.97 Å². The summed E-state index contributed by atoms with van der Waals surface area (Å²) >= 11 is 0. The fourth-order valence-corrected chi connectivity index (χ4v) is 2.84. The topological polar surface area (TPSA) is 97.8 Å². The molecule has 32 heavy (non-hydrogen) atoms. The van der Waals surface area contributed by atoms with Gasteiger partial charge in [-0.3, -0.25) is 4.79 Å². The summed E-state index contributed by atoms with van der Waals surface area (Å²) in [6.45, 7) is 1.95. The monoisotopic (exact) mass is 430 g/mol. The van der Waals surface area contributed by atoms with Crippen LogP contribution in [0.25, 0.3) is 0 Å². The Morgan fingerprint density at radius 2 is 1.81 bits per heavy atom. The normalized spacial score (nSPS) is 11.1. The highest BCUT2D eigenvalue weighted by atomic mass is 16.5. The van der Waals surface area contributed by atoms with E-state index in [0.29, 0.717) is 22.9 Å². The Hall–Kier alpha value is -4.31. The molecule has 0 saturated carbocycles. The highest BCUT2D eigenvalue weighted by Crippen LogP contribution is 2.23. The Kier molecular flexibility index (Phi) is 7.44. The third-order valence-electron chi connectivity index (χ3n) is 4.48. The molecule has 0 aliphatic rings.